The second kappa shape index (κ2) is 7.61. The van der Waals surface area contributed by atoms with Gasteiger partial charge in [-0.1, -0.05) is 30.3 Å². The Kier molecular flexibility index (Phi) is 5.30. The molecule has 8 heteroatoms. The van der Waals surface area contributed by atoms with Crippen LogP contribution in [0, 0.1) is 11.3 Å². The molecule has 118 valence electrons. The molecule has 0 bridgehead atoms. The molecule has 0 aliphatic heterocycles. The van der Waals surface area contributed by atoms with Gasteiger partial charge in [0, 0.05) is 19.3 Å². The third-order valence-corrected chi connectivity index (χ3v) is 2.97. The number of carbonyl (C=O) groups excluding carboxylic acids is 1. The summed E-state index contributed by atoms with van der Waals surface area (Å²) in [5.74, 6) is 0. The number of hydrogen-bond acceptors (Lipinski definition) is 5. The molecule has 0 saturated heterocycles. The molecule has 1 aromatic heterocycles. The molecule has 0 spiro atoms. The van der Waals surface area contributed by atoms with Crippen LogP contribution >= 0.6 is 0 Å². The molecule has 1 heterocycles. The average molecular weight is 314 g/mol. The maximum atomic E-state index is 11.5. The fraction of sp³-hybridized carbons (Fsp3) is 0.200. The SMILES string of the molecule is N#Cc1cn(CCNC(=O)OCc2ccccc2)c(=O)[nH]c1=O. The number of ether oxygens (including phenoxy) is 1. The van der Waals surface area contributed by atoms with E-state index in [2.05, 4.69) is 5.32 Å². The average Bonchev–Trinajstić information content (AvgIpc) is 2.56. The summed E-state index contributed by atoms with van der Waals surface area (Å²) in [4.78, 5) is 36.4. The molecule has 2 N–H and O–H groups in total. The van der Waals surface area contributed by atoms with E-state index in [0.29, 0.717) is 0 Å². The van der Waals surface area contributed by atoms with E-state index in [9.17, 15) is 14.4 Å². The number of alkyl carbamates (subject to hydrolysis) is 1. The van der Waals surface area contributed by atoms with Crippen LogP contribution in [0.25, 0.3) is 0 Å². The van der Waals surface area contributed by atoms with Crippen molar-refractivity contribution in [2.45, 2.75) is 13.2 Å². The van der Waals surface area contributed by atoms with Crippen LogP contribution in [0.1, 0.15) is 11.1 Å². The number of rotatable bonds is 5. The fourth-order valence-electron chi connectivity index (χ4n) is 1.81. The van der Waals surface area contributed by atoms with Gasteiger partial charge in [-0.2, -0.15) is 5.26 Å². The summed E-state index contributed by atoms with van der Waals surface area (Å²) in [6.07, 6.45) is 0.532. The van der Waals surface area contributed by atoms with Crippen LogP contribution in [0.5, 0.6) is 0 Å². The van der Waals surface area contributed by atoms with Gasteiger partial charge in [-0.3, -0.25) is 14.3 Å². The van der Waals surface area contributed by atoms with Gasteiger partial charge in [-0.05, 0) is 5.56 Å². The monoisotopic (exact) mass is 314 g/mol. The second-order valence-corrected chi connectivity index (χ2v) is 4.60. The summed E-state index contributed by atoms with van der Waals surface area (Å²) in [6, 6.07) is 10.9. The summed E-state index contributed by atoms with van der Waals surface area (Å²) < 4.78 is 6.15. The third-order valence-electron chi connectivity index (χ3n) is 2.97. The predicted molar refractivity (Wildman–Crippen MR) is 80.7 cm³/mol. The Labute approximate surface area is 131 Å². The molecular formula is C15H14N4O4. The quantitative estimate of drug-likeness (QED) is 0.825. The van der Waals surface area contributed by atoms with E-state index in [1.54, 1.807) is 6.07 Å². The van der Waals surface area contributed by atoms with Gasteiger partial charge in [0.1, 0.15) is 18.2 Å². The molecule has 0 unspecified atom stereocenters. The molecule has 1 aromatic carbocycles. The van der Waals surface area contributed by atoms with E-state index in [4.69, 9.17) is 10.00 Å². The Morgan fingerprint density at radius 3 is 2.74 bits per heavy atom. The molecule has 23 heavy (non-hydrogen) atoms. The van der Waals surface area contributed by atoms with Gasteiger partial charge in [0.15, 0.2) is 0 Å². The first-order valence-corrected chi connectivity index (χ1v) is 6.78. The lowest BCUT2D eigenvalue weighted by atomic mass is 10.2. The lowest BCUT2D eigenvalue weighted by Gasteiger charge is -2.08. The summed E-state index contributed by atoms with van der Waals surface area (Å²) in [7, 11) is 0. The minimum absolute atomic E-state index is 0.102. The first-order valence-electron chi connectivity index (χ1n) is 6.78. The number of nitrogens with one attached hydrogen (secondary N) is 2. The van der Waals surface area contributed by atoms with Gasteiger partial charge < -0.3 is 10.1 Å². The summed E-state index contributed by atoms with van der Waals surface area (Å²) in [6.45, 7) is 0.360. The zero-order chi connectivity index (χ0) is 16.7. The number of nitriles is 1. The normalized spacial score (nSPS) is 9.87. The number of hydrogen-bond donors (Lipinski definition) is 2. The fourth-order valence-corrected chi connectivity index (χ4v) is 1.81. The molecule has 0 aliphatic rings. The summed E-state index contributed by atoms with van der Waals surface area (Å²) in [5.41, 5.74) is -0.688. The van der Waals surface area contributed by atoms with Crippen molar-refractivity contribution in [3.05, 3.63) is 68.5 Å². The van der Waals surface area contributed by atoms with Crippen molar-refractivity contribution in [1.82, 2.24) is 14.9 Å². The molecule has 8 nitrogen and oxygen atoms in total. The van der Waals surface area contributed by atoms with E-state index in [1.165, 1.54) is 0 Å². The Morgan fingerprint density at radius 1 is 1.30 bits per heavy atom. The predicted octanol–water partition coefficient (Wildman–Crippen LogP) is 0.335. The highest BCUT2D eigenvalue weighted by atomic mass is 16.5. The van der Waals surface area contributed by atoms with Crippen LogP contribution in [-0.4, -0.2) is 22.2 Å². The van der Waals surface area contributed by atoms with Crippen LogP contribution < -0.4 is 16.6 Å². The number of benzene rings is 1. The number of aromatic nitrogens is 2. The van der Waals surface area contributed by atoms with Crippen LogP contribution in [0.15, 0.2) is 46.1 Å². The van der Waals surface area contributed by atoms with Gasteiger partial charge in [0.05, 0.1) is 0 Å². The van der Waals surface area contributed by atoms with Crippen molar-refractivity contribution < 1.29 is 9.53 Å². The van der Waals surface area contributed by atoms with Crippen molar-refractivity contribution in [3.8, 4) is 6.07 Å². The van der Waals surface area contributed by atoms with E-state index < -0.39 is 17.3 Å². The third kappa shape index (κ3) is 4.57. The minimum Gasteiger partial charge on any atom is -0.445 e. The number of aromatic amines is 1. The van der Waals surface area contributed by atoms with Crippen molar-refractivity contribution in [1.29, 1.82) is 5.26 Å². The largest absolute Gasteiger partial charge is 0.445 e. The van der Waals surface area contributed by atoms with Crippen molar-refractivity contribution in [2.75, 3.05) is 6.54 Å². The maximum absolute atomic E-state index is 11.5. The van der Waals surface area contributed by atoms with Gasteiger partial charge in [-0.15, -0.1) is 0 Å². The highest BCUT2D eigenvalue weighted by Gasteiger charge is 2.05. The number of H-pyrrole nitrogens is 1. The smallest absolute Gasteiger partial charge is 0.407 e. The Hall–Kier alpha value is -3.34. The highest BCUT2D eigenvalue weighted by Crippen LogP contribution is 2.00. The molecule has 0 saturated carbocycles. The zero-order valence-corrected chi connectivity index (χ0v) is 12.1. The molecule has 0 fully saturated rings. The van der Waals surface area contributed by atoms with Crippen molar-refractivity contribution in [2.24, 2.45) is 0 Å². The Balaban J connectivity index is 1.83. The number of nitrogens with zero attached hydrogens (tertiary/aromatic N) is 2. The van der Waals surface area contributed by atoms with E-state index >= 15 is 0 Å². The Bertz CT molecular complexity index is 833. The van der Waals surface area contributed by atoms with Crippen LogP contribution in [0.2, 0.25) is 0 Å². The van der Waals surface area contributed by atoms with Gasteiger partial charge in [0.2, 0.25) is 0 Å². The van der Waals surface area contributed by atoms with Crippen molar-refractivity contribution in [3.63, 3.8) is 0 Å². The topological polar surface area (TPSA) is 117 Å². The van der Waals surface area contributed by atoms with Gasteiger partial charge >= 0.3 is 11.8 Å². The molecule has 2 aromatic rings. The van der Waals surface area contributed by atoms with Gasteiger partial charge in [0.25, 0.3) is 5.56 Å². The summed E-state index contributed by atoms with van der Waals surface area (Å²) >= 11 is 0. The zero-order valence-electron chi connectivity index (χ0n) is 12.1. The highest BCUT2D eigenvalue weighted by molar-refractivity contribution is 5.67. The number of amides is 1. The first kappa shape index (κ1) is 16.0. The molecule has 0 atom stereocenters. The van der Waals surface area contributed by atoms with Crippen LogP contribution in [-0.2, 0) is 17.9 Å². The Morgan fingerprint density at radius 2 is 2.04 bits per heavy atom. The molecule has 1 amide bonds. The van der Waals surface area contributed by atoms with E-state index in [0.717, 1.165) is 16.3 Å². The molecule has 2 rings (SSSR count). The van der Waals surface area contributed by atoms with Crippen LogP contribution in [0.4, 0.5) is 4.79 Å². The van der Waals surface area contributed by atoms with Gasteiger partial charge in [-0.25, -0.2) is 9.59 Å². The lowest BCUT2D eigenvalue weighted by Crippen LogP contribution is -2.35. The van der Waals surface area contributed by atoms with Crippen molar-refractivity contribution >= 4 is 6.09 Å². The molecular weight excluding hydrogens is 300 g/mol. The second-order valence-electron chi connectivity index (χ2n) is 4.60. The maximum Gasteiger partial charge on any atom is 0.407 e. The van der Waals surface area contributed by atoms with Crippen LogP contribution in [0.3, 0.4) is 0 Å². The summed E-state index contributed by atoms with van der Waals surface area (Å²) in [5, 5.41) is 11.2. The molecule has 0 aliphatic carbocycles. The van der Waals surface area contributed by atoms with E-state index in [1.807, 2.05) is 35.3 Å². The molecule has 0 radical (unpaired) electrons. The number of carbonyl (C=O) groups is 1. The minimum atomic E-state index is -0.732. The standard InChI is InChI=1S/C15H14N4O4/c16-8-12-9-19(14(21)18-13(12)20)7-6-17-15(22)23-10-11-4-2-1-3-5-11/h1-5,9H,6-7,10H2,(H,17,22)(H,18,20,21). The van der Waals surface area contributed by atoms with E-state index in [-0.39, 0.29) is 25.3 Å². The first-order chi connectivity index (χ1) is 11.1. The lowest BCUT2D eigenvalue weighted by molar-refractivity contribution is 0.139.